The molecule has 8 nitrogen and oxygen atoms in total. The molecule has 0 saturated carbocycles. The Hall–Kier alpha value is -10.2. The third-order valence-corrected chi connectivity index (χ3v) is 13.8. The highest BCUT2D eigenvalue weighted by Crippen LogP contribution is 2.39. The molecule has 0 fully saturated rings. The van der Waals surface area contributed by atoms with Gasteiger partial charge in [0.25, 0.3) is 0 Å². The zero-order valence-corrected chi connectivity index (χ0v) is 39.8. The molecule has 0 amide bonds. The third kappa shape index (κ3) is 7.57. The maximum absolute atomic E-state index is 5.08. The number of hydrogen-bond acceptors (Lipinski definition) is 6. The van der Waals surface area contributed by atoms with Crippen LogP contribution in [0.2, 0.25) is 0 Å². The summed E-state index contributed by atoms with van der Waals surface area (Å²) in [7, 11) is 0. The normalized spacial score (nSPS) is 11.5. The van der Waals surface area contributed by atoms with Gasteiger partial charge >= 0.3 is 0 Å². The Morgan fingerprint density at radius 3 is 0.824 bits per heavy atom. The van der Waals surface area contributed by atoms with Crippen molar-refractivity contribution in [3.05, 3.63) is 255 Å². The van der Waals surface area contributed by atoms with Gasteiger partial charge in [0, 0.05) is 66.3 Å². The van der Waals surface area contributed by atoms with E-state index in [0.29, 0.717) is 34.9 Å². The summed E-state index contributed by atoms with van der Waals surface area (Å²) in [5.74, 6) is 3.73. The lowest BCUT2D eigenvalue weighted by Crippen LogP contribution is -2.01. The van der Waals surface area contributed by atoms with Crippen molar-refractivity contribution in [3.8, 4) is 90.8 Å². The first-order valence-electron chi connectivity index (χ1n) is 24.7. The second-order valence-electron chi connectivity index (χ2n) is 18.3. The zero-order valence-electron chi connectivity index (χ0n) is 39.8. The van der Waals surface area contributed by atoms with E-state index in [1.807, 2.05) is 121 Å². The van der Waals surface area contributed by atoms with Crippen molar-refractivity contribution >= 4 is 43.6 Å². The van der Waals surface area contributed by atoms with Gasteiger partial charge in [-0.25, -0.2) is 29.9 Å². The molecule has 0 N–H and O–H groups in total. The maximum Gasteiger partial charge on any atom is 0.164 e. The summed E-state index contributed by atoms with van der Waals surface area (Å²) in [6.07, 6.45) is 0. The van der Waals surface area contributed by atoms with Crippen LogP contribution in [0.1, 0.15) is 0 Å². The molecular weight excluding hydrogens is 905 g/mol. The highest BCUT2D eigenvalue weighted by Gasteiger charge is 2.20. The number of benzene rings is 10. The molecule has 0 unspecified atom stereocenters. The van der Waals surface area contributed by atoms with Crippen molar-refractivity contribution < 1.29 is 0 Å². The first-order valence-corrected chi connectivity index (χ1v) is 24.7. The molecule has 4 heterocycles. The molecule has 0 aliphatic rings. The van der Waals surface area contributed by atoms with E-state index in [4.69, 9.17) is 29.9 Å². The van der Waals surface area contributed by atoms with Gasteiger partial charge in [-0.15, -0.1) is 0 Å². The summed E-state index contributed by atoms with van der Waals surface area (Å²) in [6, 6.07) is 88.5. The number of para-hydroxylation sites is 2. The molecule has 74 heavy (non-hydrogen) atoms. The van der Waals surface area contributed by atoms with Crippen molar-refractivity contribution in [2.45, 2.75) is 0 Å². The summed E-state index contributed by atoms with van der Waals surface area (Å²) in [6.45, 7) is 0. The van der Waals surface area contributed by atoms with Crippen LogP contribution >= 0.6 is 0 Å². The number of fused-ring (bicyclic) bond motifs is 6. The van der Waals surface area contributed by atoms with Crippen molar-refractivity contribution in [2.24, 2.45) is 0 Å². The van der Waals surface area contributed by atoms with Crippen molar-refractivity contribution in [1.29, 1.82) is 0 Å². The van der Waals surface area contributed by atoms with Crippen LogP contribution in [0.25, 0.3) is 134 Å². The third-order valence-electron chi connectivity index (χ3n) is 13.8. The molecular formula is C66H42N8. The minimum absolute atomic E-state index is 0.609. The molecule has 8 heteroatoms. The van der Waals surface area contributed by atoms with Crippen LogP contribution < -0.4 is 0 Å². The van der Waals surface area contributed by atoms with E-state index in [1.165, 1.54) is 21.5 Å². The number of hydrogen-bond donors (Lipinski definition) is 0. The van der Waals surface area contributed by atoms with E-state index in [2.05, 4.69) is 143 Å². The lowest BCUT2D eigenvalue weighted by Gasteiger charge is -2.13. The lowest BCUT2D eigenvalue weighted by atomic mass is 10.0. The molecule has 0 atom stereocenters. The van der Waals surface area contributed by atoms with E-state index in [-0.39, 0.29) is 0 Å². The fourth-order valence-corrected chi connectivity index (χ4v) is 10.3. The Balaban J connectivity index is 0.897. The largest absolute Gasteiger partial charge is 0.309 e. The van der Waals surface area contributed by atoms with Gasteiger partial charge in [-0.3, -0.25) is 0 Å². The summed E-state index contributed by atoms with van der Waals surface area (Å²) >= 11 is 0. The van der Waals surface area contributed by atoms with Gasteiger partial charge in [-0.1, -0.05) is 206 Å². The van der Waals surface area contributed by atoms with Crippen LogP contribution in [0.5, 0.6) is 0 Å². The fourth-order valence-electron chi connectivity index (χ4n) is 10.3. The standard InChI is InChI=1S/C66H42N8/c1-5-19-43(20-6-1)61-67-62(44-21-7-2-8-22-44)70-65(69-61)49-27-17-29-51(39-49)73-57-33-15-13-31-53(57)55-37-35-47(41-59(55)73)48-36-38-56-54-32-14-16-34-58(54)74(60(56)42-48)52-30-18-28-50(40-52)66-71-63(45-23-9-3-10-24-45)68-64(72-66)46-25-11-4-12-26-46/h1-42H. The summed E-state index contributed by atoms with van der Waals surface area (Å²) < 4.78 is 4.73. The molecule has 0 aliphatic carbocycles. The highest BCUT2D eigenvalue weighted by molar-refractivity contribution is 6.12. The Kier molecular flexibility index (Phi) is 10.3. The van der Waals surface area contributed by atoms with Crippen LogP contribution in [-0.2, 0) is 0 Å². The molecule has 346 valence electrons. The Morgan fingerprint density at radius 1 is 0.189 bits per heavy atom. The van der Waals surface area contributed by atoms with E-state index >= 15 is 0 Å². The van der Waals surface area contributed by atoms with E-state index in [0.717, 1.165) is 77.9 Å². The van der Waals surface area contributed by atoms with Gasteiger partial charge in [0.1, 0.15) is 0 Å². The Bertz CT molecular complexity index is 4010. The van der Waals surface area contributed by atoms with Gasteiger partial charge in [0.15, 0.2) is 34.9 Å². The van der Waals surface area contributed by atoms with E-state index in [9.17, 15) is 0 Å². The molecule has 0 bridgehead atoms. The minimum Gasteiger partial charge on any atom is -0.309 e. The van der Waals surface area contributed by atoms with Crippen LogP contribution in [0.3, 0.4) is 0 Å². The SMILES string of the molecule is c1ccc(-c2nc(-c3ccccc3)nc(-c3cccc(-n4c5ccccc5c5ccc(-c6ccc7c8ccccc8n(-c8cccc(-c9nc(-c%10ccccc%10)nc(-c%10ccccc%10)n9)c8)c7c6)cc54)c3)n2)cc1. The van der Waals surface area contributed by atoms with Gasteiger partial charge in [-0.2, -0.15) is 0 Å². The molecule has 0 saturated heterocycles. The van der Waals surface area contributed by atoms with Gasteiger partial charge in [-0.05, 0) is 59.7 Å². The predicted octanol–water partition coefficient (Wildman–Crippen LogP) is 15.9. The first kappa shape index (κ1) is 42.7. The number of aromatic nitrogens is 8. The van der Waals surface area contributed by atoms with Gasteiger partial charge in [0.05, 0.1) is 22.1 Å². The maximum atomic E-state index is 5.08. The van der Waals surface area contributed by atoms with E-state index < -0.39 is 0 Å². The molecule has 10 aromatic carbocycles. The molecule has 0 spiro atoms. The van der Waals surface area contributed by atoms with Crippen molar-refractivity contribution in [3.63, 3.8) is 0 Å². The number of rotatable bonds is 9. The first-order chi connectivity index (χ1) is 36.7. The summed E-state index contributed by atoms with van der Waals surface area (Å²) in [5.41, 5.74) is 14.2. The van der Waals surface area contributed by atoms with Crippen LogP contribution in [0.15, 0.2) is 255 Å². The zero-order chi connectivity index (χ0) is 49.0. The summed E-state index contributed by atoms with van der Waals surface area (Å²) in [5, 5.41) is 4.70. The van der Waals surface area contributed by atoms with Gasteiger partial charge in [0.2, 0.25) is 0 Å². The van der Waals surface area contributed by atoms with Crippen LogP contribution in [-0.4, -0.2) is 39.0 Å². The molecule has 14 aromatic rings. The smallest absolute Gasteiger partial charge is 0.164 e. The predicted molar refractivity (Wildman–Crippen MR) is 300 cm³/mol. The quantitative estimate of drug-likeness (QED) is 0.143. The second kappa shape index (κ2) is 17.9. The molecule has 0 aliphatic heterocycles. The van der Waals surface area contributed by atoms with Crippen LogP contribution in [0, 0.1) is 0 Å². The molecule has 4 aromatic heterocycles. The average Bonchev–Trinajstić information content (AvgIpc) is 4.01. The van der Waals surface area contributed by atoms with Gasteiger partial charge < -0.3 is 9.13 Å². The average molecular weight is 947 g/mol. The number of nitrogens with zero attached hydrogens (tertiary/aromatic N) is 8. The minimum atomic E-state index is 0.609. The van der Waals surface area contributed by atoms with Crippen molar-refractivity contribution in [1.82, 2.24) is 39.0 Å². The second-order valence-corrected chi connectivity index (χ2v) is 18.3. The Morgan fingerprint density at radius 2 is 0.473 bits per heavy atom. The monoisotopic (exact) mass is 946 g/mol. The Labute approximate surface area is 426 Å². The topological polar surface area (TPSA) is 87.2 Å². The lowest BCUT2D eigenvalue weighted by molar-refractivity contribution is 1.07. The fraction of sp³-hybridized carbons (Fsp3) is 0. The van der Waals surface area contributed by atoms with E-state index in [1.54, 1.807) is 0 Å². The van der Waals surface area contributed by atoms with Crippen molar-refractivity contribution in [2.75, 3.05) is 0 Å². The highest BCUT2D eigenvalue weighted by atomic mass is 15.1. The molecule has 14 rings (SSSR count). The molecule has 0 radical (unpaired) electrons. The van der Waals surface area contributed by atoms with Crippen LogP contribution in [0.4, 0.5) is 0 Å². The summed E-state index contributed by atoms with van der Waals surface area (Å²) in [4.78, 5) is 30.2.